The van der Waals surface area contributed by atoms with E-state index < -0.39 is 6.69 Å². The van der Waals surface area contributed by atoms with E-state index in [0.29, 0.717) is 0 Å². The predicted molar refractivity (Wildman–Crippen MR) is 124 cm³/mol. The average molecular weight is 418 g/mol. The van der Waals surface area contributed by atoms with Crippen LogP contribution in [-0.4, -0.2) is 11.3 Å². The highest BCUT2D eigenvalue weighted by Crippen LogP contribution is 2.31. The smallest absolute Gasteiger partial charge is 0.309 e. The lowest BCUT2D eigenvalue weighted by molar-refractivity contribution is 1.18. The summed E-state index contributed by atoms with van der Waals surface area (Å²) in [5.41, 5.74) is 3.49. The number of rotatable bonds is 3. The molecule has 136 valence electrons. The number of benzene rings is 4. The average Bonchev–Trinajstić information content (AvgIpc) is 3.09. The van der Waals surface area contributed by atoms with Gasteiger partial charge in [0.1, 0.15) is 0 Å². The summed E-state index contributed by atoms with van der Waals surface area (Å²) in [4.78, 5) is 0. The molecule has 1 nitrogen and oxygen atoms in total. The van der Waals surface area contributed by atoms with E-state index in [-0.39, 0.29) is 0 Å². The minimum atomic E-state index is -2.74. The molecule has 1 aromatic heterocycles. The van der Waals surface area contributed by atoms with Gasteiger partial charge in [0.2, 0.25) is 0 Å². The Morgan fingerprint density at radius 2 is 0.964 bits per heavy atom. The van der Waals surface area contributed by atoms with Crippen molar-refractivity contribution in [3.8, 4) is 5.69 Å². The summed E-state index contributed by atoms with van der Waals surface area (Å²) >= 11 is 13.7. The molecule has 0 aliphatic carbocycles. The second kappa shape index (κ2) is 6.82. The Morgan fingerprint density at radius 1 is 0.500 bits per heavy atom. The fraction of sp³-hybridized carbons (Fsp3) is 0. The molecular weight excluding hydrogens is 401 g/mol. The van der Waals surface area contributed by atoms with E-state index in [9.17, 15) is 0 Å². The lowest BCUT2D eigenvalue weighted by Crippen LogP contribution is -2.48. The Balaban J connectivity index is 1.66. The molecule has 0 spiro atoms. The quantitative estimate of drug-likeness (QED) is 0.257. The number of hydrogen-bond donors (Lipinski definition) is 0. The summed E-state index contributed by atoms with van der Waals surface area (Å²) < 4.78 is 2.29. The molecule has 0 radical (unpaired) electrons. The summed E-state index contributed by atoms with van der Waals surface area (Å²) in [6.07, 6.45) is 0. The van der Waals surface area contributed by atoms with Gasteiger partial charge in [0.15, 0.2) is 0 Å². The van der Waals surface area contributed by atoms with Crippen molar-refractivity contribution in [3.05, 3.63) is 103 Å². The van der Waals surface area contributed by atoms with Crippen LogP contribution in [0.4, 0.5) is 0 Å². The molecule has 0 aliphatic rings. The van der Waals surface area contributed by atoms with E-state index in [1.165, 1.54) is 21.8 Å². The molecule has 5 aromatic rings. The predicted octanol–water partition coefficient (Wildman–Crippen LogP) is 5.82. The number of halogens is 2. The van der Waals surface area contributed by atoms with Crippen LogP contribution in [0, 0.1) is 0 Å². The Hall–Kier alpha value is -2.52. The van der Waals surface area contributed by atoms with Gasteiger partial charge in [-0.3, -0.25) is 0 Å². The SMILES string of the molecule is Cl[Si](Cl)(c1ccccc1)c1ccc(-n2c3ccccc3c3ccccc32)cc1. The Kier molecular flexibility index (Phi) is 4.28. The van der Waals surface area contributed by atoms with Gasteiger partial charge in [0.05, 0.1) is 11.0 Å². The lowest BCUT2D eigenvalue weighted by Gasteiger charge is -2.18. The van der Waals surface area contributed by atoms with Gasteiger partial charge < -0.3 is 4.57 Å². The van der Waals surface area contributed by atoms with Crippen molar-refractivity contribution >= 4 is 61.0 Å². The third kappa shape index (κ3) is 2.77. The van der Waals surface area contributed by atoms with Crippen molar-refractivity contribution in [3.63, 3.8) is 0 Å². The highest BCUT2D eigenvalue weighted by atomic mass is 35.7. The van der Waals surface area contributed by atoms with Gasteiger partial charge in [-0.15, -0.1) is 22.2 Å². The third-order valence-electron chi connectivity index (χ3n) is 5.20. The van der Waals surface area contributed by atoms with E-state index in [2.05, 4.69) is 77.4 Å². The van der Waals surface area contributed by atoms with Crippen molar-refractivity contribution in [1.82, 2.24) is 4.57 Å². The van der Waals surface area contributed by atoms with Crippen LogP contribution in [0.25, 0.3) is 27.5 Å². The maximum atomic E-state index is 6.85. The van der Waals surface area contributed by atoms with Crippen LogP contribution >= 0.6 is 22.2 Å². The molecule has 0 atom stereocenters. The zero-order chi connectivity index (χ0) is 19.1. The highest BCUT2D eigenvalue weighted by Gasteiger charge is 2.33. The van der Waals surface area contributed by atoms with Gasteiger partial charge >= 0.3 is 6.69 Å². The first-order valence-corrected chi connectivity index (χ1v) is 13.2. The van der Waals surface area contributed by atoms with Crippen molar-refractivity contribution < 1.29 is 0 Å². The van der Waals surface area contributed by atoms with E-state index in [1.54, 1.807) is 0 Å². The Morgan fingerprint density at radius 3 is 1.54 bits per heavy atom. The summed E-state index contributed by atoms with van der Waals surface area (Å²) in [6, 6.07) is 35.3. The molecule has 0 N–H and O–H groups in total. The van der Waals surface area contributed by atoms with Crippen molar-refractivity contribution in [1.29, 1.82) is 0 Å². The standard InChI is InChI=1S/C24H17Cl2NSi/c25-28(26,19-8-2-1-3-9-19)20-16-14-18(15-17-20)27-23-12-6-4-10-21(23)22-11-5-7-13-24(22)27/h1-17H. The fourth-order valence-electron chi connectivity index (χ4n) is 3.83. The van der Waals surface area contributed by atoms with Crippen molar-refractivity contribution in [2.24, 2.45) is 0 Å². The number of aromatic nitrogens is 1. The highest BCUT2D eigenvalue weighted by molar-refractivity contribution is 7.56. The van der Waals surface area contributed by atoms with E-state index >= 15 is 0 Å². The van der Waals surface area contributed by atoms with Crippen LogP contribution in [0.5, 0.6) is 0 Å². The number of para-hydroxylation sites is 2. The first-order chi connectivity index (χ1) is 13.7. The molecule has 0 saturated carbocycles. The van der Waals surface area contributed by atoms with Crippen LogP contribution in [0.1, 0.15) is 0 Å². The Labute approximate surface area is 174 Å². The van der Waals surface area contributed by atoms with E-state index in [0.717, 1.165) is 16.1 Å². The molecule has 0 fully saturated rings. The van der Waals surface area contributed by atoms with Gasteiger partial charge in [-0.2, -0.15) is 0 Å². The summed E-state index contributed by atoms with van der Waals surface area (Å²) in [5, 5.41) is 4.50. The van der Waals surface area contributed by atoms with Crippen LogP contribution in [0.3, 0.4) is 0 Å². The normalized spacial score (nSPS) is 11.9. The summed E-state index contributed by atoms with van der Waals surface area (Å²) in [7, 11) is 0. The maximum absolute atomic E-state index is 6.85. The Bertz CT molecular complexity index is 1220. The molecule has 0 bridgehead atoms. The largest absolute Gasteiger partial charge is 0.310 e. The number of hydrogen-bond acceptors (Lipinski definition) is 0. The first-order valence-electron chi connectivity index (χ1n) is 9.19. The second-order valence-corrected chi connectivity index (χ2v) is 13.1. The summed E-state index contributed by atoms with van der Waals surface area (Å²) in [5.74, 6) is 0. The maximum Gasteiger partial charge on any atom is 0.310 e. The molecule has 28 heavy (non-hydrogen) atoms. The second-order valence-electron chi connectivity index (χ2n) is 6.86. The van der Waals surface area contributed by atoms with Crippen molar-refractivity contribution in [2.75, 3.05) is 0 Å². The minimum absolute atomic E-state index is 0.992. The van der Waals surface area contributed by atoms with Crippen LogP contribution in [0.15, 0.2) is 103 Å². The lowest BCUT2D eigenvalue weighted by atomic mass is 10.2. The fourth-order valence-corrected chi connectivity index (χ4v) is 6.88. The zero-order valence-corrected chi connectivity index (χ0v) is 17.5. The van der Waals surface area contributed by atoms with E-state index in [1.807, 2.05) is 30.3 Å². The minimum Gasteiger partial charge on any atom is -0.309 e. The number of nitrogens with zero attached hydrogens (tertiary/aromatic N) is 1. The molecule has 1 heterocycles. The molecule has 5 rings (SSSR count). The molecule has 0 amide bonds. The molecule has 0 unspecified atom stereocenters. The molecule has 4 heteroatoms. The molecule has 4 aromatic carbocycles. The van der Waals surface area contributed by atoms with Gasteiger partial charge in [0.25, 0.3) is 0 Å². The third-order valence-corrected chi connectivity index (χ3v) is 9.94. The van der Waals surface area contributed by atoms with E-state index in [4.69, 9.17) is 22.2 Å². The molecule has 0 aliphatic heterocycles. The monoisotopic (exact) mass is 417 g/mol. The first kappa shape index (κ1) is 17.6. The van der Waals surface area contributed by atoms with Crippen LogP contribution in [-0.2, 0) is 0 Å². The molecular formula is C24H17Cl2NSi. The number of fused-ring (bicyclic) bond motifs is 3. The van der Waals surface area contributed by atoms with Crippen LogP contribution in [0.2, 0.25) is 0 Å². The van der Waals surface area contributed by atoms with Crippen LogP contribution < -0.4 is 10.4 Å². The molecule has 0 saturated heterocycles. The van der Waals surface area contributed by atoms with Gasteiger partial charge in [-0.25, -0.2) is 0 Å². The van der Waals surface area contributed by atoms with Crippen molar-refractivity contribution in [2.45, 2.75) is 0 Å². The summed E-state index contributed by atoms with van der Waals surface area (Å²) in [6.45, 7) is -2.74. The topological polar surface area (TPSA) is 4.93 Å². The van der Waals surface area contributed by atoms with Gasteiger partial charge in [-0.05, 0) is 34.6 Å². The van der Waals surface area contributed by atoms with Gasteiger partial charge in [-0.1, -0.05) is 78.9 Å². The zero-order valence-electron chi connectivity index (χ0n) is 15.0. The van der Waals surface area contributed by atoms with Gasteiger partial charge in [0, 0.05) is 16.5 Å².